The molecule has 2 rings (SSSR count). The first-order valence-corrected chi connectivity index (χ1v) is 5.19. The van der Waals surface area contributed by atoms with Gasteiger partial charge in [-0.1, -0.05) is 30.3 Å². The van der Waals surface area contributed by atoms with Crippen molar-refractivity contribution in [3.05, 3.63) is 54.8 Å². The Labute approximate surface area is 99.3 Å². The molecule has 3 nitrogen and oxygen atoms in total. The molecule has 0 unspecified atom stereocenters. The van der Waals surface area contributed by atoms with Gasteiger partial charge in [-0.3, -0.25) is 0 Å². The highest BCUT2D eigenvalue weighted by Gasteiger charge is 1.96. The van der Waals surface area contributed by atoms with Crippen molar-refractivity contribution < 1.29 is 14.3 Å². The summed E-state index contributed by atoms with van der Waals surface area (Å²) in [7, 11) is 1.32. The maximum absolute atomic E-state index is 10.8. The van der Waals surface area contributed by atoms with Crippen molar-refractivity contribution in [3.8, 4) is 5.75 Å². The lowest BCUT2D eigenvalue weighted by atomic mass is 10.1. The minimum Gasteiger partial charge on any atom is -0.466 e. The van der Waals surface area contributed by atoms with Crippen molar-refractivity contribution in [1.29, 1.82) is 0 Å². The molecule has 0 radical (unpaired) electrons. The molecule has 0 bridgehead atoms. The maximum Gasteiger partial charge on any atom is 0.333 e. The van der Waals surface area contributed by atoms with Crippen LogP contribution in [0.15, 0.2) is 54.8 Å². The van der Waals surface area contributed by atoms with Crippen LogP contribution in [0.5, 0.6) is 5.75 Å². The summed E-state index contributed by atoms with van der Waals surface area (Å²) in [6.45, 7) is 0. The SMILES string of the molecule is COC(=O)/C=C/Oc1ccc2ccccc2c1. The fourth-order valence-corrected chi connectivity index (χ4v) is 1.48. The topological polar surface area (TPSA) is 35.5 Å². The predicted octanol–water partition coefficient (Wildman–Crippen LogP) is 2.91. The molecule has 0 fully saturated rings. The molecule has 0 heterocycles. The Hall–Kier alpha value is -2.29. The van der Waals surface area contributed by atoms with E-state index in [0.717, 1.165) is 10.8 Å². The molecule has 0 saturated carbocycles. The van der Waals surface area contributed by atoms with Gasteiger partial charge in [-0.05, 0) is 22.9 Å². The van der Waals surface area contributed by atoms with Gasteiger partial charge in [0.05, 0.1) is 19.4 Å². The molecule has 0 N–H and O–H groups in total. The number of fused-ring (bicyclic) bond motifs is 1. The first-order valence-electron chi connectivity index (χ1n) is 5.19. The molecule has 0 aliphatic rings. The number of rotatable bonds is 3. The summed E-state index contributed by atoms with van der Waals surface area (Å²) in [6, 6.07) is 13.7. The lowest BCUT2D eigenvalue weighted by Crippen LogP contribution is -1.95. The number of esters is 1. The average molecular weight is 228 g/mol. The number of methoxy groups -OCH3 is 1. The summed E-state index contributed by atoms with van der Waals surface area (Å²) in [5.41, 5.74) is 0. The third kappa shape index (κ3) is 2.84. The van der Waals surface area contributed by atoms with Gasteiger partial charge in [0.15, 0.2) is 0 Å². The zero-order valence-corrected chi connectivity index (χ0v) is 9.42. The molecular weight excluding hydrogens is 216 g/mol. The third-order valence-electron chi connectivity index (χ3n) is 2.33. The van der Waals surface area contributed by atoms with E-state index in [1.54, 1.807) is 0 Å². The van der Waals surface area contributed by atoms with E-state index in [1.807, 2.05) is 42.5 Å². The molecule has 0 saturated heterocycles. The highest BCUT2D eigenvalue weighted by atomic mass is 16.5. The number of carbonyl (C=O) groups excluding carboxylic acids is 1. The van der Waals surface area contributed by atoms with Gasteiger partial charge in [0, 0.05) is 0 Å². The van der Waals surface area contributed by atoms with Crippen LogP contribution in [0.4, 0.5) is 0 Å². The first-order chi connectivity index (χ1) is 8.29. The van der Waals surface area contributed by atoms with Crippen molar-refractivity contribution in [1.82, 2.24) is 0 Å². The van der Waals surface area contributed by atoms with Crippen LogP contribution in [0, 0.1) is 0 Å². The molecule has 17 heavy (non-hydrogen) atoms. The highest BCUT2D eigenvalue weighted by Crippen LogP contribution is 2.20. The monoisotopic (exact) mass is 228 g/mol. The molecular formula is C14H12O3. The third-order valence-corrected chi connectivity index (χ3v) is 2.33. The van der Waals surface area contributed by atoms with Gasteiger partial charge >= 0.3 is 5.97 Å². The molecule has 2 aromatic rings. The van der Waals surface area contributed by atoms with E-state index >= 15 is 0 Å². The van der Waals surface area contributed by atoms with E-state index in [2.05, 4.69) is 4.74 Å². The Kier molecular flexibility index (Phi) is 3.40. The van der Waals surface area contributed by atoms with E-state index < -0.39 is 5.97 Å². The lowest BCUT2D eigenvalue weighted by molar-refractivity contribution is -0.134. The number of carbonyl (C=O) groups is 1. The minimum absolute atomic E-state index is 0.439. The fraction of sp³-hybridized carbons (Fsp3) is 0.0714. The van der Waals surface area contributed by atoms with E-state index in [4.69, 9.17) is 4.74 Å². The summed E-state index contributed by atoms with van der Waals surface area (Å²) < 4.78 is 9.76. The highest BCUT2D eigenvalue weighted by molar-refractivity contribution is 5.84. The van der Waals surface area contributed by atoms with Gasteiger partial charge in [-0.15, -0.1) is 0 Å². The van der Waals surface area contributed by atoms with Crippen molar-refractivity contribution in [2.45, 2.75) is 0 Å². The van der Waals surface area contributed by atoms with Crippen LogP contribution in [-0.4, -0.2) is 13.1 Å². The van der Waals surface area contributed by atoms with Gasteiger partial charge in [0.25, 0.3) is 0 Å². The average Bonchev–Trinajstić information content (AvgIpc) is 2.38. The van der Waals surface area contributed by atoms with Crippen molar-refractivity contribution >= 4 is 16.7 Å². The molecule has 0 atom stereocenters. The predicted molar refractivity (Wildman–Crippen MR) is 65.7 cm³/mol. The molecule has 0 aliphatic heterocycles. The van der Waals surface area contributed by atoms with Gasteiger partial charge < -0.3 is 9.47 Å². The lowest BCUT2D eigenvalue weighted by Gasteiger charge is -2.02. The second-order valence-corrected chi connectivity index (χ2v) is 3.45. The quantitative estimate of drug-likeness (QED) is 0.460. The Morgan fingerprint density at radius 2 is 1.88 bits per heavy atom. The smallest absolute Gasteiger partial charge is 0.333 e. The molecule has 0 amide bonds. The van der Waals surface area contributed by atoms with E-state index in [9.17, 15) is 4.79 Å². The van der Waals surface area contributed by atoms with Crippen LogP contribution in [-0.2, 0) is 9.53 Å². The molecule has 0 aromatic heterocycles. The van der Waals surface area contributed by atoms with Gasteiger partial charge in [0.2, 0.25) is 0 Å². The Balaban J connectivity index is 2.14. The van der Waals surface area contributed by atoms with Crippen LogP contribution < -0.4 is 4.74 Å². The van der Waals surface area contributed by atoms with Crippen LogP contribution in [0.2, 0.25) is 0 Å². The zero-order valence-electron chi connectivity index (χ0n) is 9.42. The summed E-state index contributed by atoms with van der Waals surface area (Å²) in [4.78, 5) is 10.8. The van der Waals surface area contributed by atoms with Crippen LogP contribution in [0.25, 0.3) is 10.8 Å². The van der Waals surface area contributed by atoms with Gasteiger partial charge in [-0.2, -0.15) is 0 Å². The fourth-order valence-electron chi connectivity index (χ4n) is 1.48. The van der Waals surface area contributed by atoms with E-state index in [-0.39, 0.29) is 0 Å². The molecule has 0 aliphatic carbocycles. The molecule has 3 heteroatoms. The van der Waals surface area contributed by atoms with Crippen LogP contribution >= 0.6 is 0 Å². The summed E-state index contributed by atoms with van der Waals surface area (Å²) >= 11 is 0. The number of hydrogen-bond acceptors (Lipinski definition) is 3. The van der Waals surface area contributed by atoms with E-state index in [1.165, 1.54) is 19.4 Å². The number of ether oxygens (including phenoxy) is 2. The number of hydrogen-bond donors (Lipinski definition) is 0. The minimum atomic E-state index is -0.439. The van der Waals surface area contributed by atoms with Crippen LogP contribution in [0.1, 0.15) is 0 Å². The standard InChI is InChI=1S/C14H12O3/c1-16-14(15)8-9-17-13-7-6-11-4-2-3-5-12(11)10-13/h2-10H,1H3/b9-8+. The van der Waals surface area contributed by atoms with Gasteiger partial charge in [-0.25, -0.2) is 4.79 Å². The number of benzene rings is 2. The molecule has 86 valence electrons. The Morgan fingerprint density at radius 1 is 1.12 bits per heavy atom. The first kappa shape index (κ1) is 11.2. The Morgan fingerprint density at radius 3 is 2.65 bits per heavy atom. The van der Waals surface area contributed by atoms with Crippen molar-refractivity contribution in [2.75, 3.05) is 7.11 Å². The normalized spacial score (nSPS) is 10.6. The summed E-state index contributed by atoms with van der Waals surface area (Å²) in [6.07, 6.45) is 2.55. The second kappa shape index (κ2) is 5.16. The maximum atomic E-state index is 10.8. The molecule has 2 aromatic carbocycles. The van der Waals surface area contributed by atoms with Gasteiger partial charge in [0.1, 0.15) is 5.75 Å². The van der Waals surface area contributed by atoms with Crippen molar-refractivity contribution in [3.63, 3.8) is 0 Å². The van der Waals surface area contributed by atoms with Crippen LogP contribution in [0.3, 0.4) is 0 Å². The Bertz CT molecular complexity index is 558. The second-order valence-electron chi connectivity index (χ2n) is 3.45. The molecule has 0 spiro atoms. The largest absolute Gasteiger partial charge is 0.466 e. The summed E-state index contributed by atoms with van der Waals surface area (Å²) in [5.74, 6) is 0.245. The van der Waals surface area contributed by atoms with Crippen molar-refractivity contribution in [2.24, 2.45) is 0 Å². The van der Waals surface area contributed by atoms with E-state index in [0.29, 0.717) is 5.75 Å². The summed E-state index contributed by atoms with van der Waals surface area (Å²) in [5, 5.41) is 2.24. The zero-order chi connectivity index (χ0) is 12.1.